The summed E-state index contributed by atoms with van der Waals surface area (Å²) in [6.45, 7) is 12.4. The van der Waals surface area contributed by atoms with Crippen LogP contribution in [0.2, 0.25) is 0 Å². The van der Waals surface area contributed by atoms with Gasteiger partial charge in [0.2, 0.25) is 0 Å². The number of anilines is 3. The maximum Gasteiger partial charge on any atom is 0.333 e. The fourth-order valence-corrected chi connectivity index (χ4v) is 21.7. The summed E-state index contributed by atoms with van der Waals surface area (Å²) in [4.78, 5) is 2.77. The minimum atomic E-state index is 0.0260. The van der Waals surface area contributed by atoms with E-state index in [1.807, 2.05) is 0 Å². The molecule has 0 radical (unpaired) electrons. The molecule has 0 amide bonds. The SMILES string of the molecule is Cc1cc2c(cc1N1c3cc4ccccc4cc3B3c4c(cc(-c5ccccc5)cc41)-c1cc(C45CC6CC7CC(C4)C76C5)cc4c5cc(C67CC8CC9CC(C6)C98C7)ccc5n3c14)C(C)(C)CCC2(C)C. The second-order valence-corrected chi connectivity index (χ2v) is 28.4. The number of benzene rings is 7. The molecule has 0 N–H and O–H groups in total. The van der Waals surface area contributed by atoms with Crippen molar-refractivity contribution in [2.24, 2.45) is 46.3 Å². The Hall–Kier alpha value is -5.54. The molecule has 2 aliphatic heterocycles. The monoisotopic (exact) mass is 933 g/mol. The molecule has 7 aromatic carbocycles. The summed E-state index contributed by atoms with van der Waals surface area (Å²) in [5.74, 6) is 5.88. The first kappa shape index (κ1) is 39.9. The van der Waals surface area contributed by atoms with Crippen LogP contribution in [0, 0.1) is 53.3 Å². The summed E-state index contributed by atoms with van der Waals surface area (Å²) in [7, 11) is 0. The van der Waals surface area contributed by atoms with Crippen molar-refractivity contribution in [1.29, 1.82) is 0 Å². The van der Waals surface area contributed by atoms with Crippen molar-refractivity contribution in [3.8, 4) is 22.3 Å². The molecule has 11 aliphatic rings. The van der Waals surface area contributed by atoms with Crippen molar-refractivity contribution in [3.63, 3.8) is 0 Å². The van der Waals surface area contributed by atoms with Crippen LogP contribution in [0.1, 0.15) is 133 Å². The highest BCUT2D eigenvalue weighted by Crippen LogP contribution is 2.86. The van der Waals surface area contributed by atoms with Crippen LogP contribution in [0.15, 0.2) is 121 Å². The summed E-state index contributed by atoms with van der Waals surface area (Å²) in [6, 6.07) is 50.1. The number of aromatic nitrogens is 1. The molecule has 8 aromatic rings. The van der Waals surface area contributed by atoms with Gasteiger partial charge in [-0.05, 0) is 267 Å². The zero-order valence-corrected chi connectivity index (χ0v) is 43.0. The van der Waals surface area contributed by atoms with Gasteiger partial charge >= 0.3 is 6.85 Å². The second kappa shape index (κ2) is 12.2. The minimum Gasteiger partial charge on any atom is -0.375 e. The molecule has 4 unspecified atom stereocenters. The summed E-state index contributed by atoms with van der Waals surface area (Å²) >= 11 is 0. The molecule has 4 atom stereocenters. The van der Waals surface area contributed by atoms with E-state index in [0.29, 0.717) is 21.7 Å². The summed E-state index contributed by atoms with van der Waals surface area (Å²) in [6.07, 6.45) is 17.0. The van der Waals surface area contributed by atoms with Crippen LogP contribution >= 0.6 is 0 Å². The Kier molecular flexibility index (Phi) is 6.75. The molecule has 2 nitrogen and oxygen atoms in total. The topological polar surface area (TPSA) is 8.17 Å². The van der Waals surface area contributed by atoms with Gasteiger partial charge in [-0.25, -0.2) is 0 Å². The standard InChI is InChI=1S/C69H65BN2/c1-38-19-55-56(65(4,5)18-17-64(55,2)3)31-59(38)71-60-22-41-14-10-9-13-40(41)21-57(60)70-62-52(20-42(23-61(62)71)39-11-7-6-8-12-39)54-30-44(67-34-49-26-46-27-50(35-67)69(46,49)37-67)29-53-51-28-43(15-16-58(51)72(70)63(53)54)66-32-47-24-45-25-48(33-66)68(45,47)36-66/h6-16,19-23,28-31,45-50H,17-18,24-27,32-37H2,1-5H3. The Morgan fingerprint density at radius 3 is 1.76 bits per heavy atom. The first-order valence-corrected chi connectivity index (χ1v) is 28.7. The fraction of sp³-hybridized carbons (Fsp3) is 0.420. The number of aryl methyl sites for hydroxylation is 1. The summed E-state index contributed by atoms with van der Waals surface area (Å²) in [5.41, 5.74) is 25.4. The molecule has 19 rings (SSSR count). The highest BCUT2D eigenvalue weighted by atomic mass is 15.2. The van der Waals surface area contributed by atoms with E-state index in [4.69, 9.17) is 0 Å². The van der Waals surface area contributed by atoms with Gasteiger partial charge in [0.1, 0.15) is 0 Å². The van der Waals surface area contributed by atoms with Crippen molar-refractivity contribution in [1.82, 2.24) is 4.48 Å². The van der Waals surface area contributed by atoms with E-state index in [1.165, 1.54) is 177 Å². The van der Waals surface area contributed by atoms with E-state index >= 15 is 0 Å². The Morgan fingerprint density at radius 1 is 0.500 bits per heavy atom. The molecule has 8 saturated carbocycles. The van der Waals surface area contributed by atoms with Crippen LogP contribution in [-0.4, -0.2) is 11.3 Å². The minimum absolute atomic E-state index is 0.0260. The molecular weight excluding hydrogens is 868 g/mol. The number of nitrogens with zero attached hydrogens (tertiary/aromatic N) is 2. The molecule has 3 heteroatoms. The van der Waals surface area contributed by atoms with E-state index in [0.717, 1.165) is 35.5 Å². The molecule has 0 saturated heterocycles. The number of hydrogen-bond acceptors (Lipinski definition) is 1. The molecule has 4 bridgehead atoms. The van der Waals surface area contributed by atoms with Gasteiger partial charge < -0.3 is 9.38 Å². The third kappa shape index (κ3) is 4.31. The quantitative estimate of drug-likeness (QED) is 0.160. The van der Waals surface area contributed by atoms with Gasteiger partial charge in [0, 0.05) is 44.4 Å². The van der Waals surface area contributed by atoms with Crippen LogP contribution < -0.4 is 15.8 Å². The Morgan fingerprint density at radius 2 is 1.11 bits per heavy atom. The van der Waals surface area contributed by atoms with Crippen LogP contribution in [-0.2, 0) is 21.7 Å². The van der Waals surface area contributed by atoms with Gasteiger partial charge in [0.25, 0.3) is 0 Å². The van der Waals surface area contributed by atoms with Crippen molar-refractivity contribution >= 4 is 67.4 Å². The average Bonchev–Trinajstić information content (AvgIpc) is 4.15. The van der Waals surface area contributed by atoms with Crippen molar-refractivity contribution < 1.29 is 0 Å². The van der Waals surface area contributed by atoms with E-state index in [2.05, 4.69) is 165 Å². The van der Waals surface area contributed by atoms with Gasteiger partial charge in [0.15, 0.2) is 0 Å². The van der Waals surface area contributed by atoms with Gasteiger partial charge in [-0.1, -0.05) is 100 Å². The third-order valence-electron chi connectivity index (χ3n) is 25.0. The molecule has 9 aliphatic carbocycles. The molecule has 354 valence electrons. The lowest BCUT2D eigenvalue weighted by molar-refractivity contribution is -0.175. The lowest BCUT2D eigenvalue weighted by Crippen LogP contribution is -2.59. The summed E-state index contributed by atoms with van der Waals surface area (Å²) in [5, 5.41) is 5.70. The van der Waals surface area contributed by atoms with Crippen LogP contribution in [0.4, 0.5) is 17.1 Å². The van der Waals surface area contributed by atoms with Crippen molar-refractivity contribution in [3.05, 3.63) is 149 Å². The predicted molar refractivity (Wildman–Crippen MR) is 298 cm³/mol. The lowest BCUT2D eigenvalue weighted by atomic mass is 9.38. The maximum absolute atomic E-state index is 2.91. The Labute approximate surface area is 425 Å². The second-order valence-electron chi connectivity index (χ2n) is 28.4. The zero-order chi connectivity index (χ0) is 47.4. The fourth-order valence-electron chi connectivity index (χ4n) is 21.7. The van der Waals surface area contributed by atoms with Crippen LogP contribution in [0.25, 0.3) is 54.8 Å². The molecule has 1 aromatic heterocycles. The van der Waals surface area contributed by atoms with Crippen LogP contribution in [0.3, 0.4) is 0 Å². The molecular formula is C69H65BN2. The lowest BCUT2D eigenvalue weighted by Gasteiger charge is -2.66. The first-order chi connectivity index (χ1) is 34.9. The Balaban J connectivity index is 0.932. The van der Waals surface area contributed by atoms with Gasteiger partial charge in [0.05, 0.1) is 0 Å². The molecule has 8 fully saturated rings. The van der Waals surface area contributed by atoms with E-state index in [1.54, 1.807) is 11.1 Å². The van der Waals surface area contributed by atoms with Gasteiger partial charge in [-0.3, -0.25) is 0 Å². The van der Waals surface area contributed by atoms with E-state index in [-0.39, 0.29) is 17.7 Å². The Bertz CT molecular complexity index is 3850. The molecule has 3 heterocycles. The maximum atomic E-state index is 2.91. The molecule has 2 spiro atoms. The van der Waals surface area contributed by atoms with E-state index in [9.17, 15) is 0 Å². The van der Waals surface area contributed by atoms with Crippen LogP contribution in [0.5, 0.6) is 0 Å². The predicted octanol–water partition coefficient (Wildman–Crippen LogP) is 15.8. The highest BCUT2D eigenvalue weighted by molar-refractivity contribution is 6.90. The number of hydrogen-bond donors (Lipinski definition) is 0. The third-order valence-corrected chi connectivity index (χ3v) is 25.0. The zero-order valence-electron chi connectivity index (χ0n) is 43.0. The smallest absolute Gasteiger partial charge is 0.333 e. The van der Waals surface area contributed by atoms with Gasteiger partial charge in [-0.2, -0.15) is 0 Å². The first-order valence-electron chi connectivity index (χ1n) is 28.7. The average molecular weight is 933 g/mol. The molecule has 72 heavy (non-hydrogen) atoms. The highest BCUT2D eigenvalue weighted by Gasteiger charge is 2.78. The van der Waals surface area contributed by atoms with Gasteiger partial charge in [-0.15, -0.1) is 0 Å². The number of rotatable bonds is 4. The van der Waals surface area contributed by atoms with Crippen molar-refractivity contribution in [2.75, 3.05) is 4.90 Å². The van der Waals surface area contributed by atoms with E-state index < -0.39 is 0 Å². The number of fused-ring (bicyclic) bond motifs is 11. The largest absolute Gasteiger partial charge is 0.375 e. The van der Waals surface area contributed by atoms with Crippen molar-refractivity contribution in [2.45, 2.75) is 133 Å². The summed E-state index contributed by atoms with van der Waals surface area (Å²) < 4.78 is 2.91. The normalized spacial score (nSPS) is 35.0.